The lowest BCUT2D eigenvalue weighted by Crippen LogP contribution is -2.37. The average molecular weight is 421 g/mol. The van der Waals surface area contributed by atoms with Crippen molar-refractivity contribution in [1.82, 2.24) is 14.7 Å². The summed E-state index contributed by atoms with van der Waals surface area (Å²) in [5.41, 5.74) is 1.74. The maximum absolute atomic E-state index is 13.2. The molecule has 162 valence electrons. The Morgan fingerprint density at radius 3 is 2.39 bits per heavy atom. The Hall–Kier alpha value is -3.48. The number of nitrogens with one attached hydrogen (secondary N) is 1. The van der Waals surface area contributed by atoms with E-state index < -0.39 is 5.91 Å². The number of hydrogen-bond donors (Lipinski definition) is 1. The largest absolute Gasteiger partial charge is 0.331 e. The first kappa shape index (κ1) is 22.2. The Morgan fingerprint density at radius 2 is 1.71 bits per heavy atom. The number of fused-ring (bicyclic) bond motifs is 1. The van der Waals surface area contributed by atoms with Crippen LogP contribution in [0.4, 0.5) is 5.69 Å². The molecule has 0 aliphatic rings. The lowest BCUT2D eigenvalue weighted by atomic mass is 10.1. The van der Waals surface area contributed by atoms with E-state index in [1.54, 1.807) is 31.3 Å². The van der Waals surface area contributed by atoms with E-state index in [1.807, 2.05) is 31.2 Å². The number of rotatable bonds is 8. The number of benzene rings is 2. The third-order valence-corrected chi connectivity index (χ3v) is 5.11. The monoisotopic (exact) mass is 420 g/mol. The summed E-state index contributed by atoms with van der Waals surface area (Å²) < 4.78 is 1.37. The molecule has 7 nitrogen and oxygen atoms in total. The number of carbonyl (C=O) groups excluding carboxylic acids is 2. The lowest BCUT2D eigenvalue weighted by molar-refractivity contribution is -0.116. The van der Waals surface area contributed by atoms with Gasteiger partial charge in [0.25, 0.3) is 11.5 Å². The first-order valence-corrected chi connectivity index (χ1v) is 10.5. The number of amides is 2. The topological polar surface area (TPSA) is 84.3 Å². The van der Waals surface area contributed by atoms with Gasteiger partial charge in [-0.05, 0) is 31.5 Å². The molecule has 2 amide bonds. The molecule has 0 radical (unpaired) electrons. The Kier molecular flexibility index (Phi) is 7.18. The highest BCUT2D eigenvalue weighted by atomic mass is 16.2. The maximum Gasteiger partial charge on any atom is 0.275 e. The molecule has 0 spiro atoms. The van der Waals surface area contributed by atoms with E-state index in [0.717, 1.165) is 24.8 Å². The molecule has 2 aromatic carbocycles. The molecule has 1 aromatic heterocycles. The molecule has 0 saturated heterocycles. The summed E-state index contributed by atoms with van der Waals surface area (Å²) in [6.45, 7) is 4.38. The Balaban J connectivity index is 1.82. The minimum atomic E-state index is -0.403. The van der Waals surface area contributed by atoms with Crippen molar-refractivity contribution in [2.75, 3.05) is 18.9 Å². The van der Waals surface area contributed by atoms with Gasteiger partial charge >= 0.3 is 0 Å². The van der Waals surface area contributed by atoms with Crippen LogP contribution in [0, 0.1) is 6.92 Å². The molecule has 7 heteroatoms. The minimum Gasteiger partial charge on any atom is -0.331 e. The van der Waals surface area contributed by atoms with Crippen molar-refractivity contribution in [2.45, 2.75) is 39.7 Å². The van der Waals surface area contributed by atoms with Crippen LogP contribution in [0.1, 0.15) is 42.2 Å². The van der Waals surface area contributed by atoms with E-state index in [2.05, 4.69) is 17.3 Å². The molecule has 3 aromatic rings. The zero-order valence-corrected chi connectivity index (χ0v) is 18.2. The van der Waals surface area contributed by atoms with Gasteiger partial charge in [0.1, 0.15) is 0 Å². The van der Waals surface area contributed by atoms with Crippen molar-refractivity contribution >= 4 is 28.3 Å². The number of likely N-dealkylation sites (N-methyl/N-ethyl adjacent to an activating group) is 1. The molecule has 3 rings (SSSR count). The Labute approximate surface area is 181 Å². The van der Waals surface area contributed by atoms with Gasteiger partial charge in [0.05, 0.1) is 11.9 Å². The van der Waals surface area contributed by atoms with Crippen LogP contribution in [-0.4, -0.2) is 40.1 Å². The van der Waals surface area contributed by atoms with E-state index in [9.17, 15) is 14.4 Å². The van der Waals surface area contributed by atoms with Crippen LogP contribution >= 0.6 is 0 Å². The molecule has 0 atom stereocenters. The van der Waals surface area contributed by atoms with Crippen LogP contribution in [0.3, 0.4) is 0 Å². The van der Waals surface area contributed by atoms with Crippen molar-refractivity contribution in [3.8, 4) is 0 Å². The number of nitrogens with zero attached hydrogens (tertiary/aromatic N) is 3. The van der Waals surface area contributed by atoms with Gasteiger partial charge < -0.3 is 10.2 Å². The predicted octanol–water partition coefficient (Wildman–Crippen LogP) is 3.61. The van der Waals surface area contributed by atoms with Crippen LogP contribution < -0.4 is 10.9 Å². The predicted molar refractivity (Wildman–Crippen MR) is 122 cm³/mol. The fourth-order valence-electron chi connectivity index (χ4n) is 3.36. The second-order valence-electron chi connectivity index (χ2n) is 7.71. The van der Waals surface area contributed by atoms with Crippen LogP contribution in [0.5, 0.6) is 0 Å². The highest BCUT2D eigenvalue weighted by molar-refractivity contribution is 6.06. The molecule has 0 fully saturated rings. The van der Waals surface area contributed by atoms with Gasteiger partial charge in [-0.3, -0.25) is 14.4 Å². The summed E-state index contributed by atoms with van der Waals surface area (Å²) in [7, 11) is 1.56. The summed E-state index contributed by atoms with van der Waals surface area (Å²) in [5.74, 6) is -0.709. The van der Waals surface area contributed by atoms with Gasteiger partial charge in [-0.2, -0.15) is 5.10 Å². The summed E-state index contributed by atoms with van der Waals surface area (Å²) in [6.07, 6.45) is 2.81. The summed E-state index contributed by atoms with van der Waals surface area (Å²) in [5, 5.41) is 8.11. The third-order valence-electron chi connectivity index (χ3n) is 5.11. The number of carbonyl (C=O) groups is 2. The molecule has 0 unspecified atom stereocenters. The summed E-state index contributed by atoms with van der Waals surface area (Å²) in [4.78, 5) is 39.7. The molecule has 0 saturated carbocycles. The molecule has 31 heavy (non-hydrogen) atoms. The number of unbranched alkanes of at least 4 members (excludes halogenated alkanes) is 2. The number of anilines is 1. The van der Waals surface area contributed by atoms with Gasteiger partial charge in [-0.15, -0.1) is 0 Å². The van der Waals surface area contributed by atoms with Gasteiger partial charge in [0, 0.05) is 24.7 Å². The van der Waals surface area contributed by atoms with Crippen molar-refractivity contribution in [3.63, 3.8) is 0 Å². The summed E-state index contributed by atoms with van der Waals surface area (Å²) in [6, 6.07) is 14.4. The van der Waals surface area contributed by atoms with E-state index in [-0.39, 0.29) is 23.7 Å². The zero-order valence-electron chi connectivity index (χ0n) is 18.2. The maximum atomic E-state index is 13.2. The van der Waals surface area contributed by atoms with Crippen LogP contribution in [-0.2, 0) is 11.3 Å². The summed E-state index contributed by atoms with van der Waals surface area (Å²) >= 11 is 0. The molecule has 1 heterocycles. The van der Waals surface area contributed by atoms with Gasteiger partial charge in [-0.1, -0.05) is 55.7 Å². The molecule has 0 aliphatic carbocycles. The first-order chi connectivity index (χ1) is 14.9. The third kappa shape index (κ3) is 5.36. The zero-order chi connectivity index (χ0) is 22.4. The van der Waals surface area contributed by atoms with Gasteiger partial charge in [0.2, 0.25) is 5.91 Å². The normalized spacial score (nSPS) is 10.8. The molecule has 1 N–H and O–H groups in total. The number of hydrogen-bond acceptors (Lipinski definition) is 4. The fraction of sp³-hybridized carbons (Fsp3) is 0.333. The van der Waals surface area contributed by atoms with E-state index in [1.165, 1.54) is 9.58 Å². The van der Waals surface area contributed by atoms with Crippen LogP contribution in [0.2, 0.25) is 0 Å². The second-order valence-corrected chi connectivity index (χ2v) is 7.71. The first-order valence-electron chi connectivity index (χ1n) is 10.5. The van der Waals surface area contributed by atoms with Crippen molar-refractivity contribution in [1.29, 1.82) is 0 Å². The molecular formula is C24H28N4O3. The van der Waals surface area contributed by atoms with Crippen molar-refractivity contribution < 1.29 is 9.59 Å². The number of aryl methyl sites for hydroxylation is 2. The van der Waals surface area contributed by atoms with Crippen molar-refractivity contribution in [3.05, 3.63) is 70.1 Å². The molecule has 0 aliphatic heterocycles. The van der Waals surface area contributed by atoms with Crippen molar-refractivity contribution in [2.24, 2.45) is 0 Å². The number of aromatic nitrogens is 2. The van der Waals surface area contributed by atoms with Crippen LogP contribution in [0.15, 0.2) is 53.3 Å². The second kappa shape index (κ2) is 10.0. The Morgan fingerprint density at radius 1 is 1.03 bits per heavy atom. The smallest absolute Gasteiger partial charge is 0.275 e. The lowest BCUT2D eigenvalue weighted by Gasteiger charge is -2.18. The van der Waals surface area contributed by atoms with E-state index in [4.69, 9.17) is 0 Å². The molecule has 0 bridgehead atoms. The highest BCUT2D eigenvalue weighted by Crippen LogP contribution is 2.15. The minimum absolute atomic E-state index is 0.127. The molecular weight excluding hydrogens is 392 g/mol. The Bertz CT molecular complexity index is 1140. The fourth-order valence-corrected chi connectivity index (χ4v) is 3.36. The van der Waals surface area contributed by atoms with Gasteiger partial charge in [-0.25, -0.2) is 4.68 Å². The van der Waals surface area contributed by atoms with Gasteiger partial charge in [0.15, 0.2) is 5.69 Å². The van der Waals surface area contributed by atoms with E-state index >= 15 is 0 Å². The van der Waals surface area contributed by atoms with Crippen LogP contribution in [0.25, 0.3) is 10.8 Å². The quantitative estimate of drug-likeness (QED) is 0.564. The SMILES string of the molecule is CCCCCn1nc(C(=O)N(C)CC(=O)Nc2ccc(C)cc2)c2ccccc2c1=O. The standard InChI is InChI=1S/C24H28N4O3/c1-4-5-8-15-28-23(30)20-10-7-6-9-19(20)22(26-28)24(31)27(3)16-21(29)25-18-13-11-17(2)12-14-18/h6-7,9-14H,4-5,8,15-16H2,1-3H3,(H,25,29). The highest BCUT2D eigenvalue weighted by Gasteiger charge is 2.21. The van der Waals surface area contributed by atoms with E-state index in [0.29, 0.717) is 23.0 Å². The average Bonchev–Trinajstić information content (AvgIpc) is 2.76.